The Morgan fingerprint density at radius 1 is 1.64 bits per heavy atom. The van der Waals surface area contributed by atoms with Gasteiger partial charge in [-0.2, -0.15) is 0 Å². The molecule has 1 aromatic carbocycles. The van der Waals surface area contributed by atoms with E-state index in [1.54, 1.807) is 12.1 Å². The van der Waals surface area contributed by atoms with E-state index in [1.807, 2.05) is 0 Å². The Kier molecular flexibility index (Phi) is 2.28. The fraction of sp³-hybridized carbons (Fsp3) is 0.455. The summed E-state index contributed by atoms with van der Waals surface area (Å²) >= 11 is 6.00. The van der Waals surface area contributed by atoms with Crippen LogP contribution in [-0.2, 0) is 5.41 Å². The molecule has 0 spiro atoms. The number of hydrogen-bond acceptors (Lipinski definition) is 1. The van der Waals surface area contributed by atoms with Crippen molar-refractivity contribution in [2.45, 2.75) is 18.8 Å². The van der Waals surface area contributed by atoms with Crippen molar-refractivity contribution >= 4 is 11.6 Å². The van der Waals surface area contributed by atoms with Gasteiger partial charge in [0.2, 0.25) is 0 Å². The van der Waals surface area contributed by atoms with E-state index < -0.39 is 0 Å². The molecule has 0 aliphatic heterocycles. The van der Waals surface area contributed by atoms with Crippen molar-refractivity contribution in [1.29, 1.82) is 0 Å². The minimum absolute atomic E-state index is 0.206. The maximum Gasteiger partial charge on any atom is 0.128 e. The summed E-state index contributed by atoms with van der Waals surface area (Å²) < 4.78 is 13.6. The first-order valence-corrected chi connectivity index (χ1v) is 5.14. The second kappa shape index (κ2) is 3.21. The van der Waals surface area contributed by atoms with Crippen molar-refractivity contribution in [3.63, 3.8) is 0 Å². The monoisotopic (exact) mass is 213 g/mol. The van der Waals surface area contributed by atoms with Gasteiger partial charge in [0, 0.05) is 22.5 Å². The van der Waals surface area contributed by atoms with Crippen LogP contribution in [0.3, 0.4) is 0 Å². The summed E-state index contributed by atoms with van der Waals surface area (Å²) in [5.74, 6) is 0.203. The van der Waals surface area contributed by atoms with E-state index in [1.165, 1.54) is 6.07 Å². The Hall–Kier alpha value is -0.600. The lowest BCUT2D eigenvalue weighted by Crippen LogP contribution is -2.23. The Bertz CT molecular complexity index is 342. The van der Waals surface area contributed by atoms with Crippen LogP contribution in [-0.4, -0.2) is 6.54 Å². The van der Waals surface area contributed by atoms with Crippen molar-refractivity contribution < 1.29 is 4.39 Å². The summed E-state index contributed by atoms with van der Waals surface area (Å²) in [5, 5.41) is 0.500. The first kappa shape index (κ1) is 9.94. The van der Waals surface area contributed by atoms with Gasteiger partial charge in [0.05, 0.1) is 0 Å². The molecule has 2 atom stereocenters. The van der Waals surface area contributed by atoms with E-state index in [-0.39, 0.29) is 11.2 Å². The van der Waals surface area contributed by atoms with E-state index in [0.717, 1.165) is 6.42 Å². The second-order valence-electron chi connectivity index (χ2n) is 4.06. The minimum atomic E-state index is -0.229. The van der Waals surface area contributed by atoms with Crippen molar-refractivity contribution in [3.8, 4) is 0 Å². The zero-order valence-corrected chi connectivity index (χ0v) is 8.81. The molecule has 1 nitrogen and oxygen atoms in total. The zero-order valence-electron chi connectivity index (χ0n) is 8.06. The predicted molar refractivity (Wildman–Crippen MR) is 55.9 cm³/mol. The zero-order chi connectivity index (χ0) is 10.3. The third-order valence-corrected chi connectivity index (χ3v) is 3.59. The highest BCUT2D eigenvalue weighted by atomic mass is 35.5. The smallest absolute Gasteiger partial charge is 0.128 e. The summed E-state index contributed by atoms with van der Waals surface area (Å²) in [5.41, 5.74) is 6.11. The van der Waals surface area contributed by atoms with Crippen LogP contribution >= 0.6 is 11.6 Å². The van der Waals surface area contributed by atoms with Crippen LogP contribution in [0.5, 0.6) is 0 Å². The molecule has 0 saturated heterocycles. The Labute approximate surface area is 88.1 Å². The number of hydrogen-bond donors (Lipinski definition) is 1. The molecule has 2 unspecified atom stereocenters. The lowest BCUT2D eigenvalue weighted by atomic mass is 9.93. The molecule has 76 valence electrons. The van der Waals surface area contributed by atoms with Crippen LogP contribution in [0.2, 0.25) is 5.02 Å². The van der Waals surface area contributed by atoms with Crippen molar-refractivity contribution in [1.82, 2.24) is 0 Å². The molecule has 1 aromatic rings. The van der Waals surface area contributed by atoms with Crippen LogP contribution in [0.15, 0.2) is 18.2 Å². The average molecular weight is 214 g/mol. The van der Waals surface area contributed by atoms with Crippen LogP contribution < -0.4 is 5.73 Å². The van der Waals surface area contributed by atoms with Gasteiger partial charge in [0.15, 0.2) is 0 Å². The molecular formula is C11H13ClFN. The predicted octanol–water partition coefficient (Wildman–Crippen LogP) is 2.72. The molecule has 3 heteroatoms. The van der Waals surface area contributed by atoms with Gasteiger partial charge in [-0.25, -0.2) is 4.39 Å². The number of halogens is 2. The first-order chi connectivity index (χ1) is 6.62. The lowest BCUT2D eigenvalue weighted by molar-refractivity contribution is 0.554. The van der Waals surface area contributed by atoms with E-state index in [4.69, 9.17) is 17.3 Å². The highest BCUT2D eigenvalue weighted by Gasteiger charge is 2.53. The Morgan fingerprint density at radius 3 is 2.71 bits per heavy atom. The second-order valence-corrected chi connectivity index (χ2v) is 4.47. The third-order valence-electron chi connectivity index (χ3n) is 3.28. The standard InChI is InChI=1S/C11H13ClFN/c1-7-5-11(7,6-14)10-8(12)3-2-4-9(10)13/h2-4,7H,5-6,14H2,1H3. The van der Waals surface area contributed by atoms with Gasteiger partial charge in [-0.1, -0.05) is 24.6 Å². The van der Waals surface area contributed by atoms with Crippen molar-refractivity contribution in [2.24, 2.45) is 11.7 Å². The van der Waals surface area contributed by atoms with Gasteiger partial charge in [-0.3, -0.25) is 0 Å². The molecule has 1 aliphatic rings. The summed E-state index contributed by atoms with van der Waals surface area (Å²) in [6.45, 7) is 2.55. The van der Waals surface area contributed by atoms with Gasteiger partial charge in [0.25, 0.3) is 0 Å². The van der Waals surface area contributed by atoms with E-state index in [0.29, 0.717) is 23.0 Å². The van der Waals surface area contributed by atoms with Gasteiger partial charge in [-0.05, 0) is 24.5 Å². The van der Waals surface area contributed by atoms with Crippen LogP contribution in [0.25, 0.3) is 0 Å². The number of nitrogens with two attached hydrogens (primary N) is 1. The quantitative estimate of drug-likeness (QED) is 0.803. The fourth-order valence-corrected chi connectivity index (χ4v) is 2.55. The average Bonchev–Trinajstić information content (AvgIpc) is 2.78. The van der Waals surface area contributed by atoms with Crippen LogP contribution in [0.1, 0.15) is 18.9 Å². The highest BCUT2D eigenvalue weighted by molar-refractivity contribution is 6.31. The topological polar surface area (TPSA) is 26.0 Å². The van der Waals surface area contributed by atoms with Crippen LogP contribution in [0.4, 0.5) is 4.39 Å². The van der Waals surface area contributed by atoms with E-state index >= 15 is 0 Å². The van der Waals surface area contributed by atoms with Crippen LogP contribution in [0, 0.1) is 11.7 Å². The van der Waals surface area contributed by atoms with E-state index in [9.17, 15) is 4.39 Å². The maximum absolute atomic E-state index is 13.6. The molecule has 0 radical (unpaired) electrons. The fourth-order valence-electron chi connectivity index (χ4n) is 2.20. The molecule has 1 fully saturated rings. The molecule has 1 aliphatic carbocycles. The minimum Gasteiger partial charge on any atom is -0.330 e. The van der Waals surface area contributed by atoms with Gasteiger partial charge < -0.3 is 5.73 Å². The van der Waals surface area contributed by atoms with E-state index in [2.05, 4.69) is 6.92 Å². The molecule has 0 heterocycles. The summed E-state index contributed by atoms with van der Waals surface area (Å²) in [7, 11) is 0. The first-order valence-electron chi connectivity index (χ1n) is 4.76. The molecule has 0 amide bonds. The third kappa shape index (κ3) is 1.25. The Morgan fingerprint density at radius 2 is 2.29 bits per heavy atom. The maximum atomic E-state index is 13.6. The summed E-state index contributed by atoms with van der Waals surface area (Å²) in [6.07, 6.45) is 0.935. The molecule has 2 rings (SSSR count). The molecule has 0 aromatic heterocycles. The van der Waals surface area contributed by atoms with Crippen molar-refractivity contribution in [3.05, 3.63) is 34.6 Å². The summed E-state index contributed by atoms with van der Waals surface area (Å²) in [4.78, 5) is 0. The van der Waals surface area contributed by atoms with Gasteiger partial charge in [-0.15, -0.1) is 0 Å². The molecule has 14 heavy (non-hydrogen) atoms. The molecular weight excluding hydrogens is 201 g/mol. The van der Waals surface area contributed by atoms with Gasteiger partial charge >= 0.3 is 0 Å². The van der Waals surface area contributed by atoms with Gasteiger partial charge in [0.1, 0.15) is 5.82 Å². The highest BCUT2D eigenvalue weighted by Crippen LogP contribution is 2.55. The molecule has 1 saturated carbocycles. The summed E-state index contributed by atoms with van der Waals surface area (Å²) in [6, 6.07) is 4.80. The number of rotatable bonds is 2. The Balaban J connectivity index is 2.51. The lowest BCUT2D eigenvalue weighted by Gasteiger charge is -2.16. The molecule has 2 N–H and O–H groups in total. The normalized spacial score (nSPS) is 30.4. The van der Waals surface area contributed by atoms with Crippen molar-refractivity contribution in [2.75, 3.05) is 6.54 Å². The molecule has 0 bridgehead atoms. The SMILES string of the molecule is CC1CC1(CN)c1c(F)cccc1Cl. The number of benzene rings is 1. The largest absolute Gasteiger partial charge is 0.330 e.